The Kier molecular flexibility index (Phi) is 3.90. The zero-order chi connectivity index (χ0) is 16.6. The minimum Gasteiger partial charge on any atom is -0.467 e. The monoisotopic (exact) mass is 309 g/mol. The molecule has 4 nitrogen and oxygen atoms in total. The second-order valence-corrected chi connectivity index (χ2v) is 6.09. The van der Waals surface area contributed by atoms with Crippen LogP contribution in [0, 0.1) is 0 Å². The van der Waals surface area contributed by atoms with Crippen LogP contribution in [-0.4, -0.2) is 7.05 Å². The summed E-state index contributed by atoms with van der Waals surface area (Å²) in [5, 5.41) is 0. The summed E-state index contributed by atoms with van der Waals surface area (Å²) < 4.78 is 5.31. The number of nitrogens with zero attached hydrogens (tertiary/aromatic N) is 1. The van der Waals surface area contributed by atoms with Gasteiger partial charge in [0.1, 0.15) is 11.4 Å². The van der Waals surface area contributed by atoms with Crippen LogP contribution in [0.25, 0.3) is 11.1 Å². The molecule has 3 aromatic rings. The van der Waals surface area contributed by atoms with Gasteiger partial charge in [0.05, 0.1) is 18.4 Å². The number of anilines is 1. The molecule has 0 atom stereocenters. The van der Waals surface area contributed by atoms with Gasteiger partial charge < -0.3 is 9.32 Å². The number of rotatable bonds is 5. The van der Waals surface area contributed by atoms with E-state index in [0.717, 1.165) is 11.3 Å². The first-order chi connectivity index (χ1) is 11.0. The van der Waals surface area contributed by atoms with Crippen molar-refractivity contribution in [1.82, 2.24) is 0 Å². The molecular formula is C19H19NO3. The lowest BCUT2D eigenvalue weighted by molar-refractivity contribution is 0.507. The van der Waals surface area contributed by atoms with Crippen LogP contribution < -0.4 is 15.8 Å². The third-order valence-electron chi connectivity index (χ3n) is 4.11. The lowest BCUT2D eigenvalue weighted by atomic mass is 9.94. The lowest BCUT2D eigenvalue weighted by Gasteiger charge is -2.22. The molecule has 0 aliphatic carbocycles. The zero-order valence-corrected chi connectivity index (χ0v) is 13.5. The summed E-state index contributed by atoms with van der Waals surface area (Å²) in [6.45, 7) is 4.69. The van der Waals surface area contributed by atoms with Crippen molar-refractivity contribution in [3.63, 3.8) is 0 Å². The predicted molar refractivity (Wildman–Crippen MR) is 91.7 cm³/mol. The van der Waals surface area contributed by atoms with Crippen molar-refractivity contribution in [3.05, 3.63) is 74.4 Å². The quantitative estimate of drug-likeness (QED) is 0.679. The first-order valence-corrected chi connectivity index (χ1v) is 7.66. The molecule has 0 N–H and O–H groups in total. The van der Waals surface area contributed by atoms with E-state index in [0.29, 0.717) is 23.7 Å². The molecule has 4 heteroatoms. The molecule has 118 valence electrons. The summed E-state index contributed by atoms with van der Waals surface area (Å²) >= 11 is 0. The normalized spacial score (nSPS) is 11.3. The van der Waals surface area contributed by atoms with Gasteiger partial charge in [0.25, 0.3) is 0 Å². The molecular weight excluding hydrogens is 290 g/mol. The van der Waals surface area contributed by atoms with E-state index in [2.05, 4.69) is 13.8 Å². The predicted octanol–water partition coefficient (Wildman–Crippen LogP) is 3.30. The highest BCUT2D eigenvalue weighted by Gasteiger charge is 2.25. The Balaban J connectivity index is 1.93. The highest BCUT2D eigenvalue weighted by Crippen LogP contribution is 2.28. The largest absolute Gasteiger partial charge is 0.467 e. The third-order valence-corrected chi connectivity index (χ3v) is 4.11. The Labute approximate surface area is 134 Å². The minimum absolute atomic E-state index is 0.413. The van der Waals surface area contributed by atoms with E-state index in [9.17, 15) is 9.59 Å². The van der Waals surface area contributed by atoms with E-state index in [1.54, 1.807) is 24.3 Å². The van der Waals surface area contributed by atoms with E-state index in [4.69, 9.17) is 4.42 Å². The van der Waals surface area contributed by atoms with Crippen molar-refractivity contribution in [2.75, 3.05) is 11.9 Å². The van der Waals surface area contributed by atoms with Crippen molar-refractivity contribution >= 4 is 5.69 Å². The van der Waals surface area contributed by atoms with Crippen molar-refractivity contribution in [2.45, 2.75) is 26.3 Å². The van der Waals surface area contributed by atoms with Crippen molar-refractivity contribution < 1.29 is 4.42 Å². The lowest BCUT2D eigenvalue weighted by Crippen LogP contribution is -2.40. The van der Waals surface area contributed by atoms with Crippen LogP contribution in [0.3, 0.4) is 0 Å². The van der Waals surface area contributed by atoms with E-state index in [1.165, 1.54) is 5.56 Å². The number of benzene rings is 1. The maximum atomic E-state index is 12.0. The molecule has 0 amide bonds. The maximum absolute atomic E-state index is 12.0. The van der Waals surface area contributed by atoms with Crippen molar-refractivity contribution in [3.8, 4) is 11.1 Å². The van der Waals surface area contributed by atoms with Gasteiger partial charge in [-0.2, -0.15) is 0 Å². The second-order valence-electron chi connectivity index (χ2n) is 6.09. The summed E-state index contributed by atoms with van der Waals surface area (Å²) in [6.07, 6.45) is 1.59. The average molecular weight is 309 g/mol. The van der Waals surface area contributed by atoms with Gasteiger partial charge in [0, 0.05) is 7.05 Å². The van der Waals surface area contributed by atoms with Crippen LogP contribution in [0.15, 0.2) is 56.7 Å². The molecule has 1 aromatic heterocycles. The molecule has 0 radical (unpaired) electrons. The Morgan fingerprint density at radius 3 is 2.30 bits per heavy atom. The molecule has 0 spiro atoms. The van der Waals surface area contributed by atoms with E-state index in [-0.39, 0.29) is 0 Å². The smallest absolute Gasteiger partial charge is 0.250 e. The first kappa shape index (κ1) is 15.3. The van der Waals surface area contributed by atoms with Crippen LogP contribution in [0.1, 0.15) is 31.1 Å². The fourth-order valence-corrected chi connectivity index (χ4v) is 2.76. The molecule has 0 fully saturated rings. The minimum atomic E-state index is -0.429. The molecule has 1 heterocycles. The molecule has 0 aliphatic heterocycles. The Hall–Kier alpha value is -2.62. The Morgan fingerprint density at radius 2 is 1.74 bits per heavy atom. The fraction of sp³-hybridized carbons (Fsp3) is 0.263. The van der Waals surface area contributed by atoms with Gasteiger partial charge in [-0.3, -0.25) is 9.59 Å². The summed E-state index contributed by atoms with van der Waals surface area (Å²) in [6, 6.07) is 11.5. The topological polar surface area (TPSA) is 50.5 Å². The van der Waals surface area contributed by atoms with Crippen LogP contribution in [0.5, 0.6) is 0 Å². The van der Waals surface area contributed by atoms with E-state index in [1.807, 2.05) is 30.3 Å². The van der Waals surface area contributed by atoms with E-state index < -0.39 is 10.9 Å². The summed E-state index contributed by atoms with van der Waals surface area (Å²) in [5.74, 6) is 1.18. The van der Waals surface area contributed by atoms with Crippen LogP contribution >= 0.6 is 0 Å². The molecule has 0 bridgehead atoms. The van der Waals surface area contributed by atoms with Gasteiger partial charge in [-0.1, -0.05) is 38.1 Å². The molecule has 0 aliphatic rings. The molecule has 2 aromatic carbocycles. The van der Waals surface area contributed by atoms with Crippen LogP contribution in [0.4, 0.5) is 5.69 Å². The number of furan rings is 1. The van der Waals surface area contributed by atoms with Gasteiger partial charge in [-0.15, -0.1) is 0 Å². The van der Waals surface area contributed by atoms with Gasteiger partial charge in [0.15, 0.2) is 0 Å². The molecule has 3 rings (SSSR count). The summed E-state index contributed by atoms with van der Waals surface area (Å²) in [7, 11) is 1.80. The SMILES string of the molecule is CC(C)c1ccc(-c2c(N(C)Cc3ccco3)c(=O)c2=O)cc1. The molecule has 23 heavy (non-hydrogen) atoms. The number of hydrogen-bond donors (Lipinski definition) is 0. The molecule has 0 saturated carbocycles. The zero-order valence-electron chi connectivity index (χ0n) is 13.5. The fourth-order valence-electron chi connectivity index (χ4n) is 2.76. The standard InChI is InChI=1S/C19H19NO3/c1-12(2)13-6-8-14(9-7-13)16-17(19(22)18(16)21)20(3)11-15-5-4-10-23-15/h4-10,12H,11H2,1-3H3. The van der Waals surface area contributed by atoms with Gasteiger partial charge >= 0.3 is 0 Å². The highest BCUT2D eigenvalue weighted by molar-refractivity contribution is 5.82. The summed E-state index contributed by atoms with van der Waals surface area (Å²) in [4.78, 5) is 25.8. The van der Waals surface area contributed by atoms with Crippen molar-refractivity contribution in [1.29, 1.82) is 0 Å². The van der Waals surface area contributed by atoms with E-state index >= 15 is 0 Å². The molecule has 0 unspecified atom stereocenters. The average Bonchev–Trinajstić information content (AvgIpc) is 3.04. The Morgan fingerprint density at radius 1 is 1.04 bits per heavy atom. The Bertz CT molecular complexity index is 867. The van der Waals surface area contributed by atoms with Crippen LogP contribution in [-0.2, 0) is 6.54 Å². The maximum Gasteiger partial charge on any atom is 0.250 e. The van der Waals surface area contributed by atoms with Gasteiger partial charge in [-0.05, 0) is 29.2 Å². The van der Waals surface area contributed by atoms with Gasteiger partial charge in [-0.25, -0.2) is 0 Å². The van der Waals surface area contributed by atoms with Gasteiger partial charge in [0.2, 0.25) is 10.9 Å². The van der Waals surface area contributed by atoms with Crippen LogP contribution in [0.2, 0.25) is 0 Å². The molecule has 0 saturated heterocycles. The first-order valence-electron chi connectivity index (χ1n) is 7.66. The van der Waals surface area contributed by atoms with Crippen molar-refractivity contribution in [2.24, 2.45) is 0 Å². The second kappa shape index (κ2) is 5.88. The summed E-state index contributed by atoms with van der Waals surface area (Å²) in [5.41, 5.74) is 2.12. The highest BCUT2D eigenvalue weighted by atomic mass is 16.3. The third kappa shape index (κ3) is 2.72. The number of hydrogen-bond acceptors (Lipinski definition) is 4.